The van der Waals surface area contributed by atoms with Gasteiger partial charge >= 0.3 is 169 Å². The third-order valence-electron chi connectivity index (χ3n) is 2.56. The zero-order valence-electron chi connectivity index (χ0n) is 13.4. The Morgan fingerprint density at radius 1 is 1.04 bits per heavy atom. The molecule has 0 unspecified atom stereocenters. The van der Waals surface area contributed by atoms with Crippen molar-refractivity contribution in [1.29, 1.82) is 0 Å². The van der Waals surface area contributed by atoms with Gasteiger partial charge in [-0.3, -0.25) is 0 Å². The molecule has 0 saturated heterocycles. The van der Waals surface area contributed by atoms with E-state index in [1.54, 1.807) is 0 Å². The molecule has 0 N–H and O–H groups in total. The molecule has 16 heteroatoms. The van der Waals surface area contributed by atoms with Gasteiger partial charge in [0, 0.05) is 0 Å². The first-order chi connectivity index (χ1) is 12.5. The van der Waals surface area contributed by atoms with Crippen LogP contribution in [-0.4, -0.2) is 33.7 Å². The second-order valence-corrected chi connectivity index (χ2v) is 12.4. The summed E-state index contributed by atoms with van der Waals surface area (Å²) in [5, 5.41) is 0. The van der Waals surface area contributed by atoms with Gasteiger partial charge in [-0.05, 0) is 0 Å². The molecule has 1 aromatic carbocycles. The number of allylic oxidation sites excluding steroid dienone is 1. The summed E-state index contributed by atoms with van der Waals surface area (Å²) in [6, 6.07) is 5.34. The van der Waals surface area contributed by atoms with Gasteiger partial charge < -0.3 is 0 Å². The minimum absolute atomic E-state index is 0.0600. The van der Waals surface area contributed by atoms with Gasteiger partial charge in [0.05, 0.1) is 0 Å². The fourth-order valence-electron chi connectivity index (χ4n) is 1.36. The first kappa shape index (κ1) is 25.3. The van der Waals surface area contributed by atoms with Crippen molar-refractivity contribution >= 4 is 52.1 Å². The minimum atomic E-state index is -6.17. The molecule has 1 rings (SSSR count). The van der Waals surface area contributed by atoms with Crippen LogP contribution in [0, 0.1) is 10.5 Å². The topological polar surface area (TPSA) is 86.7 Å². The Hall–Kier alpha value is -0.780. The number of aryl methyl sites for hydroxylation is 1. The Morgan fingerprint density at radius 3 is 1.96 bits per heavy atom. The van der Waals surface area contributed by atoms with Crippen LogP contribution in [0.1, 0.15) is 5.56 Å². The monoisotopic (exact) mass is 590 g/mol. The molecular weight excluding hydrogens is 581 g/mol. The summed E-state index contributed by atoms with van der Waals surface area (Å²) in [6.45, 7) is 1.38. The predicted molar refractivity (Wildman–Crippen MR) is 94.8 cm³/mol. The van der Waals surface area contributed by atoms with E-state index in [0.29, 0.717) is 4.08 Å². The molecule has 0 fully saturated rings. The maximum atomic E-state index is 12.6. The molecule has 0 atom stereocenters. The molecule has 0 aromatic heterocycles. The van der Waals surface area contributed by atoms with E-state index < -0.39 is 63.1 Å². The second-order valence-electron chi connectivity index (χ2n) is 4.68. The van der Waals surface area contributed by atoms with Gasteiger partial charge in [-0.1, -0.05) is 0 Å². The molecule has 162 valence electrons. The van der Waals surface area contributed by atoms with Gasteiger partial charge in [0.2, 0.25) is 0 Å². The summed E-state index contributed by atoms with van der Waals surface area (Å²) in [4.78, 5) is 0. The van der Waals surface area contributed by atoms with E-state index in [-0.39, 0.29) is 9.13 Å². The normalized spacial score (nSPS) is 14.7. The number of hydrogen-bond acceptors (Lipinski definition) is 6. The first-order valence-corrected chi connectivity index (χ1v) is 13.1. The average Bonchev–Trinajstić information content (AvgIpc) is 2.51. The Morgan fingerprint density at radius 2 is 1.54 bits per heavy atom. The first-order valence-electron chi connectivity index (χ1n) is 6.54. The van der Waals surface area contributed by atoms with Crippen molar-refractivity contribution in [2.24, 2.45) is 0 Å². The summed E-state index contributed by atoms with van der Waals surface area (Å²) in [5.41, 5.74) is -11.4. The summed E-state index contributed by atoms with van der Waals surface area (Å²) in [5.74, 6) is -2.13. The average molecular weight is 591 g/mol. The van der Waals surface area contributed by atoms with Gasteiger partial charge in [-0.15, -0.1) is 0 Å². The van der Waals surface area contributed by atoms with Crippen LogP contribution >= 0.6 is 31.8 Å². The number of benzene rings is 1. The van der Waals surface area contributed by atoms with E-state index in [9.17, 15) is 43.2 Å². The van der Waals surface area contributed by atoms with Gasteiger partial charge in [-0.2, -0.15) is 0 Å². The van der Waals surface area contributed by atoms with Crippen LogP contribution in [0.15, 0.2) is 34.1 Å². The molecule has 28 heavy (non-hydrogen) atoms. The fourth-order valence-corrected chi connectivity index (χ4v) is 8.76. The zero-order chi connectivity index (χ0) is 22.0. The number of rotatable bonds is 7. The fraction of sp³-hybridized carbons (Fsp3) is 0.333. The molecule has 0 bridgehead atoms. The maximum absolute atomic E-state index is 12.6. The van der Waals surface area contributed by atoms with Crippen molar-refractivity contribution < 1.29 is 49.9 Å². The van der Waals surface area contributed by atoms with Crippen LogP contribution in [0.25, 0.3) is 0 Å². The predicted octanol–water partition coefficient (Wildman–Crippen LogP) is 4.40. The van der Waals surface area contributed by atoms with Crippen LogP contribution < -0.4 is 0 Å². The Labute approximate surface area is 168 Å². The SMILES string of the molecule is Cc1ccccc1I(/C=C(\CCl)OS(=O)(=O)C(F)(F)F)OS(=O)(=O)C(F)(F)F. The van der Waals surface area contributed by atoms with Crippen molar-refractivity contribution in [3.63, 3.8) is 0 Å². The van der Waals surface area contributed by atoms with Gasteiger partial charge in [-0.25, -0.2) is 0 Å². The molecule has 0 aliphatic heterocycles. The number of hydrogen-bond donors (Lipinski definition) is 0. The zero-order valence-corrected chi connectivity index (χ0v) is 17.9. The van der Waals surface area contributed by atoms with Gasteiger partial charge in [0.25, 0.3) is 0 Å². The third-order valence-corrected chi connectivity index (χ3v) is 10.9. The van der Waals surface area contributed by atoms with Crippen LogP contribution in [-0.2, 0) is 26.9 Å². The standard InChI is InChI=1S/C12H10ClF6IO6S2/c1-8-4-2-3-5-10(8)20(26-28(23,24)12(17,18)19)7-9(6-13)25-27(21,22)11(14,15)16/h2-5,7H,6H2,1H3/b9-7+. The van der Waals surface area contributed by atoms with E-state index >= 15 is 0 Å². The van der Waals surface area contributed by atoms with Gasteiger partial charge in [0.1, 0.15) is 0 Å². The summed E-state index contributed by atoms with van der Waals surface area (Å²) >= 11 is 1.22. The van der Waals surface area contributed by atoms with Crippen LogP contribution in [0.3, 0.4) is 0 Å². The number of alkyl halides is 7. The summed E-state index contributed by atoms with van der Waals surface area (Å²) in [7, 11) is -12.3. The molecule has 0 aliphatic carbocycles. The van der Waals surface area contributed by atoms with Crippen molar-refractivity contribution in [1.82, 2.24) is 0 Å². The third kappa shape index (κ3) is 6.36. The molecule has 0 aliphatic rings. The molecule has 0 spiro atoms. The summed E-state index contributed by atoms with van der Waals surface area (Å²) in [6.07, 6.45) is 0. The van der Waals surface area contributed by atoms with Crippen molar-refractivity contribution in [3.05, 3.63) is 43.2 Å². The van der Waals surface area contributed by atoms with Crippen molar-refractivity contribution in [2.75, 3.05) is 5.88 Å². The van der Waals surface area contributed by atoms with Gasteiger partial charge in [0.15, 0.2) is 0 Å². The molecule has 6 nitrogen and oxygen atoms in total. The molecular formula is C12H10ClF6IO6S2. The summed E-state index contributed by atoms with van der Waals surface area (Å²) < 4.78 is 129. The van der Waals surface area contributed by atoms with Crippen LogP contribution in [0.2, 0.25) is 0 Å². The Balaban J connectivity index is 3.47. The van der Waals surface area contributed by atoms with E-state index in [2.05, 4.69) is 6.70 Å². The molecule has 0 amide bonds. The molecule has 0 saturated carbocycles. The van der Waals surface area contributed by atoms with E-state index in [0.717, 1.165) is 0 Å². The Kier molecular flexibility index (Phi) is 8.05. The quantitative estimate of drug-likeness (QED) is 0.117. The molecule has 0 heterocycles. The van der Waals surface area contributed by atoms with Crippen molar-refractivity contribution in [2.45, 2.75) is 17.9 Å². The Bertz CT molecular complexity index is 942. The second kappa shape index (κ2) is 8.93. The molecule has 0 radical (unpaired) electrons. The van der Waals surface area contributed by atoms with E-state index in [4.69, 9.17) is 11.6 Å². The van der Waals surface area contributed by atoms with E-state index in [1.165, 1.54) is 31.2 Å². The van der Waals surface area contributed by atoms with Crippen LogP contribution in [0.5, 0.6) is 0 Å². The van der Waals surface area contributed by atoms with Crippen LogP contribution in [0.4, 0.5) is 26.3 Å². The van der Waals surface area contributed by atoms with Crippen molar-refractivity contribution in [3.8, 4) is 0 Å². The van der Waals surface area contributed by atoms with E-state index in [1.807, 2.05) is 0 Å². The number of halogens is 8. The molecule has 1 aromatic rings.